The van der Waals surface area contributed by atoms with E-state index < -0.39 is 10.4 Å². The number of rotatable bonds is 27. The minimum atomic E-state index is -4.13. The maximum atomic E-state index is 11.5. The lowest BCUT2D eigenvalue weighted by Gasteiger charge is -2.06. The second kappa shape index (κ2) is 25.4. The topological polar surface area (TPSA) is 80.3 Å². The van der Waals surface area contributed by atoms with E-state index in [4.69, 9.17) is 14.4 Å². The van der Waals surface area contributed by atoms with Gasteiger partial charge in [0.15, 0.2) is 0 Å². The summed E-state index contributed by atoms with van der Waals surface area (Å²) < 4.78 is 42.2. The van der Waals surface area contributed by atoms with Gasteiger partial charge in [-0.25, -0.2) is 9.07 Å². The Morgan fingerprint density at radius 2 is 0.938 bits per heavy atom. The lowest BCUT2D eigenvalue weighted by Crippen LogP contribution is -2.16. The first-order chi connectivity index (χ1) is 15.6. The molecule has 0 aromatic rings. The van der Waals surface area contributed by atoms with Crippen LogP contribution in [-0.2, 0) is 33.3 Å². The molecule has 0 aromatic carbocycles. The van der Waals surface area contributed by atoms with Crippen LogP contribution in [-0.4, -0.2) is 48.1 Å². The zero-order valence-electron chi connectivity index (χ0n) is 20.8. The number of hydrogen-bond acceptors (Lipinski definition) is 7. The third kappa shape index (κ3) is 26.0. The quantitative estimate of drug-likeness (QED) is 0.0750. The highest BCUT2D eigenvalue weighted by Gasteiger charge is 2.13. The van der Waals surface area contributed by atoms with Gasteiger partial charge in [0.1, 0.15) is 0 Å². The Bertz CT molecular complexity index is 457. The Labute approximate surface area is 198 Å². The minimum absolute atomic E-state index is 0.114. The average Bonchev–Trinajstić information content (AvgIpc) is 2.77. The summed E-state index contributed by atoms with van der Waals surface area (Å²) in [6.07, 6.45) is 20.6. The van der Waals surface area contributed by atoms with Gasteiger partial charge in [0.05, 0.1) is 33.0 Å². The maximum absolute atomic E-state index is 11.5. The van der Waals surface area contributed by atoms with Gasteiger partial charge >= 0.3 is 10.4 Å². The summed E-state index contributed by atoms with van der Waals surface area (Å²) in [5, 5.41) is 0. The Morgan fingerprint density at radius 1 is 0.500 bits per heavy atom. The highest BCUT2D eigenvalue weighted by atomic mass is 32.3. The van der Waals surface area contributed by atoms with Crippen LogP contribution in [0.25, 0.3) is 0 Å². The van der Waals surface area contributed by atoms with Crippen molar-refractivity contribution >= 4 is 10.4 Å². The van der Waals surface area contributed by atoms with Crippen molar-refractivity contribution < 1.29 is 31.3 Å². The predicted molar refractivity (Wildman–Crippen MR) is 129 cm³/mol. The monoisotopic (exact) mass is 482 g/mol. The molecule has 0 atom stereocenters. The Balaban J connectivity index is 3.24. The van der Waals surface area contributed by atoms with Gasteiger partial charge in [-0.1, -0.05) is 108 Å². The van der Waals surface area contributed by atoms with Crippen molar-refractivity contribution in [3.63, 3.8) is 0 Å². The summed E-state index contributed by atoms with van der Waals surface area (Å²) in [4.78, 5) is 4.75. The fourth-order valence-electron chi connectivity index (χ4n) is 3.38. The standard InChI is InChI=1S/C24H50O7S/c1-3-5-6-7-8-9-10-11-12-13-14-15-16-17-18-19-20-29-31-32(25,26)30-24-23-28-22-21-27-4-2/h3-24H2,1-2H3. The largest absolute Gasteiger partial charge is 0.426 e. The summed E-state index contributed by atoms with van der Waals surface area (Å²) in [6, 6.07) is 0. The molecule has 0 heterocycles. The van der Waals surface area contributed by atoms with E-state index in [1.54, 1.807) is 0 Å². The molecule has 8 heteroatoms. The van der Waals surface area contributed by atoms with E-state index in [1.807, 2.05) is 6.92 Å². The van der Waals surface area contributed by atoms with Gasteiger partial charge in [-0.05, 0) is 13.3 Å². The smallest absolute Gasteiger partial charge is 0.379 e. The second-order valence-corrected chi connectivity index (χ2v) is 9.42. The second-order valence-electron chi connectivity index (χ2n) is 8.23. The zero-order chi connectivity index (χ0) is 23.6. The van der Waals surface area contributed by atoms with E-state index in [0.29, 0.717) is 19.8 Å². The van der Waals surface area contributed by atoms with Gasteiger partial charge < -0.3 is 9.47 Å². The molecule has 0 fully saturated rings. The van der Waals surface area contributed by atoms with Crippen LogP contribution in [0.3, 0.4) is 0 Å². The lowest BCUT2D eigenvalue weighted by molar-refractivity contribution is -0.210. The number of hydrogen-bond donors (Lipinski definition) is 0. The summed E-state index contributed by atoms with van der Waals surface area (Å²) >= 11 is 0. The van der Waals surface area contributed by atoms with Gasteiger partial charge in [0.2, 0.25) is 0 Å². The molecule has 194 valence electrons. The molecule has 0 aliphatic rings. The van der Waals surface area contributed by atoms with Crippen molar-refractivity contribution in [2.75, 3.05) is 39.6 Å². The molecular formula is C24H50O7S. The molecule has 32 heavy (non-hydrogen) atoms. The van der Waals surface area contributed by atoms with Gasteiger partial charge in [-0.2, -0.15) is 8.42 Å². The first-order valence-corrected chi connectivity index (χ1v) is 14.3. The van der Waals surface area contributed by atoms with E-state index in [-0.39, 0.29) is 19.8 Å². The summed E-state index contributed by atoms with van der Waals surface area (Å²) in [5.41, 5.74) is 0. The third-order valence-electron chi connectivity index (χ3n) is 5.24. The van der Waals surface area contributed by atoms with Crippen LogP contribution >= 0.6 is 0 Å². The van der Waals surface area contributed by atoms with Crippen molar-refractivity contribution in [1.82, 2.24) is 0 Å². The van der Waals surface area contributed by atoms with Crippen molar-refractivity contribution in [1.29, 1.82) is 0 Å². The molecule has 0 radical (unpaired) electrons. The molecular weight excluding hydrogens is 432 g/mol. The normalized spacial score (nSPS) is 11.9. The molecule has 0 rings (SSSR count). The van der Waals surface area contributed by atoms with Gasteiger partial charge in [-0.3, -0.25) is 0 Å². The van der Waals surface area contributed by atoms with Crippen LogP contribution in [0, 0.1) is 0 Å². The molecule has 0 spiro atoms. The molecule has 0 N–H and O–H groups in total. The molecule has 7 nitrogen and oxygen atoms in total. The lowest BCUT2D eigenvalue weighted by atomic mass is 10.0. The van der Waals surface area contributed by atoms with Crippen LogP contribution in [0.4, 0.5) is 0 Å². The van der Waals surface area contributed by atoms with Crippen molar-refractivity contribution in [2.45, 2.75) is 117 Å². The first kappa shape index (κ1) is 31.8. The van der Waals surface area contributed by atoms with Crippen LogP contribution in [0.15, 0.2) is 0 Å². The van der Waals surface area contributed by atoms with E-state index >= 15 is 0 Å². The van der Waals surface area contributed by atoms with Crippen LogP contribution in [0.2, 0.25) is 0 Å². The molecule has 0 aliphatic carbocycles. The highest BCUT2D eigenvalue weighted by molar-refractivity contribution is 7.81. The molecule has 0 aromatic heterocycles. The molecule has 0 saturated heterocycles. The van der Waals surface area contributed by atoms with Crippen molar-refractivity contribution in [3.05, 3.63) is 0 Å². The SMILES string of the molecule is CCCCCCCCCCCCCCCCCCOOS(=O)(=O)OCCOCCOCC. The van der Waals surface area contributed by atoms with Crippen LogP contribution < -0.4 is 0 Å². The fourth-order valence-corrected chi connectivity index (χ4v) is 3.88. The molecule has 0 unspecified atom stereocenters. The average molecular weight is 483 g/mol. The first-order valence-electron chi connectivity index (χ1n) is 13.0. The zero-order valence-corrected chi connectivity index (χ0v) is 21.6. The highest BCUT2D eigenvalue weighted by Crippen LogP contribution is 2.13. The van der Waals surface area contributed by atoms with Crippen molar-refractivity contribution in [3.8, 4) is 0 Å². The number of unbranched alkanes of at least 4 members (excludes halogenated alkanes) is 15. The van der Waals surface area contributed by atoms with Gasteiger partial charge in [-0.15, -0.1) is 0 Å². The van der Waals surface area contributed by atoms with Crippen LogP contribution in [0.1, 0.15) is 117 Å². The minimum Gasteiger partial charge on any atom is -0.379 e. The molecule has 0 amide bonds. The molecule has 0 bridgehead atoms. The Kier molecular flexibility index (Phi) is 25.2. The van der Waals surface area contributed by atoms with E-state index in [9.17, 15) is 8.42 Å². The van der Waals surface area contributed by atoms with E-state index in [1.165, 1.54) is 83.5 Å². The van der Waals surface area contributed by atoms with Crippen molar-refractivity contribution in [2.24, 2.45) is 0 Å². The van der Waals surface area contributed by atoms with E-state index in [2.05, 4.69) is 15.4 Å². The molecule has 0 aliphatic heterocycles. The van der Waals surface area contributed by atoms with Crippen LogP contribution in [0.5, 0.6) is 0 Å². The van der Waals surface area contributed by atoms with Gasteiger partial charge in [0.25, 0.3) is 0 Å². The fraction of sp³-hybridized carbons (Fsp3) is 1.00. The van der Waals surface area contributed by atoms with Gasteiger partial charge in [0, 0.05) is 6.61 Å². The Morgan fingerprint density at radius 3 is 1.44 bits per heavy atom. The number of ether oxygens (including phenoxy) is 2. The maximum Gasteiger partial charge on any atom is 0.426 e. The third-order valence-corrected chi connectivity index (χ3v) is 5.96. The van der Waals surface area contributed by atoms with E-state index in [0.717, 1.165) is 19.3 Å². The summed E-state index contributed by atoms with van der Waals surface area (Å²) in [6.45, 7) is 5.93. The predicted octanol–water partition coefficient (Wildman–Crippen LogP) is 6.51. The molecule has 0 saturated carbocycles. The Hall–Kier alpha value is -0.250. The summed E-state index contributed by atoms with van der Waals surface area (Å²) in [5.74, 6) is 0. The summed E-state index contributed by atoms with van der Waals surface area (Å²) in [7, 11) is -4.13.